The molecule has 2 aliphatic rings. The molecule has 26 heavy (non-hydrogen) atoms. The van der Waals surface area contributed by atoms with Gasteiger partial charge in [0.2, 0.25) is 0 Å². The first-order chi connectivity index (χ1) is 12.7. The van der Waals surface area contributed by atoms with Crippen LogP contribution in [-0.2, 0) is 19.6 Å². The molecule has 0 aliphatic carbocycles. The summed E-state index contributed by atoms with van der Waals surface area (Å²) in [6, 6.07) is 12.6. The number of nitrogens with zero attached hydrogens (tertiary/aromatic N) is 4. The Balaban J connectivity index is 1.38. The molecule has 0 amide bonds. The molecule has 6 nitrogen and oxygen atoms in total. The minimum Gasteiger partial charge on any atom is -0.340 e. The van der Waals surface area contributed by atoms with E-state index in [2.05, 4.69) is 50.4 Å². The standard InChI is InChI=1S/C20H25N5O/c1-2-24-9-8-18-17(19(24)26)14-21-20(22-18)25-12-10-23(11-13-25)15-16-6-4-3-5-7-16/h3-9H,2,10-15H2,1H3,(H,21,22). The molecule has 0 atom stereocenters. The van der Waals surface area contributed by atoms with Crippen molar-refractivity contribution in [2.45, 2.75) is 26.6 Å². The third-order valence-corrected chi connectivity index (χ3v) is 5.16. The number of nitrogens with one attached hydrogen (secondary N) is 1. The molecule has 6 heteroatoms. The van der Waals surface area contributed by atoms with E-state index in [4.69, 9.17) is 0 Å². The largest absolute Gasteiger partial charge is 0.340 e. The molecule has 0 saturated carbocycles. The van der Waals surface area contributed by atoms with Crippen LogP contribution in [0.1, 0.15) is 18.1 Å². The van der Waals surface area contributed by atoms with Crippen molar-refractivity contribution < 1.29 is 0 Å². The molecule has 0 spiro atoms. The summed E-state index contributed by atoms with van der Waals surface area (Å²) in [5.74, 6) is 0.894. The second-order valence-corrected chi connectivity index (χ2v) is 6.81. The number of pyridine rings is 1. The van der Waals surface area contributed by atoms with Crippen molar-refractivity contribution in [3.63, 3.8) is 0 Å². The zero-order valence-corrected chi connectivity index (χ0v) is 15.2. The Morgan fingerprint density at radius 1 is 1.08 bits per heavy atom. The topological polar surface area (TPSA) is 52.9 Å². The van der Waals surface area contributed by atoms with Crippen LogP contribution in [0, 0.1) is 0 Å². The summed E-state index contributed by atoms with van der Waals surface area (Å²) in [6.07, 6.45) is 1.86. The van der Waals surface area contributed by atoms with Crippen LogP contribution < -0.4 is 10.9 Å². The molecule has 1 N–H and O–H groups in total. The van der Waals surface area contributed by atoms with E-state index in [9.17, 15) is 4.79 Å². The van der Waals surface area contributed by atoms with Crippen LogP contribution in [0.15, 0.2) is 52.4 Å². The van der Waals surface area contributed by atoms with Gasteiger partial charge in [0.25, 0.3) is 5.56 Å². The number of benzene rings is 1. The van der Waals surface area contributed by atoms with Gasteiger partial charge in [-0.2, -0.15) is 0 Å². The van der Waals surface area contributed by atoms with Gasteiger partial charge in [0.05, 0.1) is 17.8 Å². The zero-order chi connectivity index (χ0) is 17.9. The highest BCUT2D eigenvalue weighted by atomic mass is 16.1. The predicted molar refractivity (Wildman–Crippen MR) is 104 cm³/mol. The van der Waals surface area contributed by atoms with Crippen LogP contribution in [0.4, 0.5) is 5.69 Å². The average molecular weight is 351 g/mol. The van der Waals surface area contributed by atoms with Gasteiger partial charge in [-0.1, -0.05) is 30.3 Å². The van der Waals surface area contributed by atoms with Crippen molar-refractivity contribution >= 4 is 11.6 Å². The van der Waals surface area contributed by atoms with Crippen molar-refractivity contribution in [1.29, 1.82) is 0 Å². The number of hydrogen-bond donors (Lipinski definition) is 1. The maximum absolute atomic E-state index is 12.4. The molecule has 0 bridgehead atoms. The van der Waals surface area contributed by atoms with Gasteiger partial charge in [-0.3, -0.25) is 9.69 Å². The molecule has 4 rings (SSSR count). The maximum atomic E-state index is 12.4. The number of fused-ring (bicyclic) bond motifs is 1. The second-order valence-electron chi connectivity index (χ2n) is 6.81. The molecular formula is C20H25N5O. The third-order valence-electron chi connectivity index (χ3n) is 5.16. The van der Waals surface area contributed by atoms with Gasteiger partial charge >= 0.3 is 0 Å². The molecule has 1 saturated heterocycles. The maximum Gasteiger partial charge on any atom is 0.257 e. The van der Waals surface area contributed by atoms with E-state index in [0.29, 0.717) is 13.1 Å². The van der Waals surface area contributed by atoms with Crippen LogP contribution in [0.25, 0.3) is 0 Å². The lowest BCUT2D eigenvalue weighted by Gasteiger charge is -2.37. The summed E-state index contributed by atoms with van der Waals surface area (Å²) in [6.45, 7) is 8.04. The highest BCUT2D eigenvalue weighted by Gasteiger charge is 2.23. The van der Waals surface area contributed by atoms with Crippen molar-refractivity contribution in [1.82, 2.24) is 14.4 Å². The van der Waals surface area contributed by atoms with E-state index in [1.807, 2.05) is 19.2 Å². The van der Waals surface area contributed by atoms with Crippen LogP contribution in [0.5, 0.6) is 0 Å². The molecule has 2 aromatic rings. The van der Waals surface area contributed by atoms with Gasteiger partial charge in [0.15, 0.2) is 5.96 Å². The van der Waals surface area contributed by atoms with Crippen molar-refractivity contribution in [3.05, 3.63) is 64.1 Å². The van der Waals surface area contributed by atoms with E-state index in [1.54, 1.807) is 4.57 Å². The van der Waals surface area contributed by atoms with Gasteiger partial charge < -0.3 is 14.8 Å². The lowest BCUT2D eigenvalue weighted by molar-refractivity contribution is 0.175. The average Bonchev–Trinajstić information content (AvgIpc) is 2.69. The molecule has 136 valence electrons. The van der Waals surface area contributed by atoms with Gasteiger partial charge in [-0.05, 0) is 18.6 Å². The lowest BCUT2D eigenvalue weighted by atomic mass is 10.2. The van der Waals surface area contributed by atoms with Crippen molar-refractivity contribution in [2.24, 2.45) is 4.99 Å². The lowest BCUT2D eigenvalue weighted by Crippen LogP contribution is -2.51. The van der Waals surface area contributed by atoms with E-state index in [0.717, 1.165) is 49.9 Å². The molecule has 1 fully saturated rings. The molecule has 2 aliphatic heterocycles. The molecule has 0 radical (unpaired) electrons. The second kappa shape index (κ2) is 7.33. The predicted octanol–water partition coefficient (Wildman–Crippen LogP) is 1.97. The van der Waals surface area contributed by atoms with E-state index in [1.165, 1.54) is 5.56 Å². The number of aromatic nitrogens is 1. The first kappa shape index (κ1) is 16.8. The number of hydrogen-bond acceptors (Lipinski definition) is 5. The summed E-state index contributed by atoms with van der Waals surface area (Å²) < 4.78 is 1.73. The van der Waals surface area contributed by atoms with Crippen molar-refractivity contribution in [2.75, 3.05) is 31.5 Å². The van der Waals surface area contributed by atoms with Crippen LogP contribution in [0.2, 0.25) is 0 Å². The Morgan fingerprint density at radius 2 is 1.85 bits per heavy atom. The SMILES string of the molecule is CCn1ccc2c(c1=O)CN=C(N1CCN(Cc3ccccc3)CC1)N2. The Kier molecular flexibility index (Phi) is 4.75. The summed E-state index contributed by atoms with van der Waals surface area (Å²) in [7, 11) is 0. The minimum atomic E-state index is 0.0629. The first-order valence-corrected chi connectivity index (χ1v) is 9.29. The third kappa shape index (κ3) is 3.37. The number of aryl methyl sites for hydroxylation is 1. The molecule has 0 unspecified atom stereocenters. The summed E-state index contributed by atoms with van der Waals surface area (Å²) in [5, 5.41) is 3.37. The fourth-order valence-electron chi connectivity index (χ4n) is 3.59. The normalized spacial score (nSPS) is 17.4. The Hall–Kier alpha value is -2.60. The summed E-state index contributed by atoms with van der Waals surface area (Å²) >= 11 is 0. The van der Waals surface area contributed by atoms with E-state index in [-0.39, 0.29) is 5.56 Å². The Bertz CT molecular complexity index is 850. The minimum absolute atomic E-state index is 0.0629. The summed E-state index contributed by atoms with van der Waals surface area (Å²) in [4.78, 5) is 21.8. The highest BCUT2D eigenvalue weighted by molar-refractivity contribution is 5.95. The van der Waals surface area contributed by atoms with Crippen LogP contribution >= 0.6 is 0 Å². The van der Waals surface area contributed by atoms with Gasteiger partial charge in [0, 0.05) is 45.5 Å². The number of anilines is 1. The quantitative estimate of drug-likeness (QED) is 0.919. The summed E-state index contributed by atoms with van der Waals surface area (Å²) in [5.41, 5.74) is 3.08. The monoisotopic (exact) mass is 351 g/mol. The zero-order valence-electron chi connectivity index (χ0n) is 15.2. The van der Waals surface area contributed by atoms with Crippen molar-refractivity contribution in [3.8, 4) is 0 Å². The smallest absolute Gasteiger partial charge is 0.257 e. The van der Waals surface area contributed by atoms with Gasteiger partial charge in [-0.15, -0.1) is 0 Å². The highest BCUT2D eigenvalue weighted by Crippen LogP contribution is 2.19. The first-order valence-electron chi connectivity index (χ1n) is 9.29. The molecule has 3 heterocycles. The Labute approximate surface area is 153 Å². The van der Waals surface area contributed by atoms with Crippen LogP contribution in [0.3, 0.4) is 0 Å². The molecular weight excluding hydrogens is 326 g/mol. The number of guanidine groups is 1. The molecule has 1 aromatic carbocycles. The van der Waals surface area contributed by atoms with Gasteiger partial charge in [-0.25, -0.2) is 4.99 Å². The number of rotatable bonds is 3. The number of piperazine rings is 1. The van der Waals surface area contributed by atoms with Gasteiger partial charge in [0.1, 0.15) is 0 Å². The van der Waals surface area contributed by atoms with Crippen LogP contribution in [-0.4, -0.2) is 46.5 Å². The fourth-order valence-corrected chi connectivity index (χ4v) is 3.59. The van der Waals surface area contributed by atoms with E-state index < -0.39 is 0 Å². The number of aliphatic imine (C=N–C) groups is 1. The van der Waals surface area contributed by atoms with E-state index >= 15 is 0 Å². The fraction of sp³-hybridized carbons (Fsp3) is 0.400. The molecule has 1 aromatic heterocycles. The Morgan fingerprint density at radius 3 is 2.58 bits per heavy atom.